The van der Waals surface area contributed by atoms with Crippen LogP contribution < -0.4 is 10.6 Å². The highest BCUT2D eigenvalue weighted by Gasteiger charge is 2.39. The van der Waals surface area contributed by atoms with Gasteiger partial charge in [0.25, 0.3) is 3.79 Å². The zero-order chi connectivity index (χ0) is 15.4. The number of rotatable bonds is 4. The average molecular weight is 339 g/mol. The fraction of sp³-hybridized carbons (Fsp3) is 0.500. The van der Waals surface area contributed by atoms with Crippen LogP contribution in [0.15, 0.2) is 30.3 Å². The molecule has 0 bridgehead atoms. The van der Waals surface area contributed by atoms with Crippen LogP contribution in [0.25, 0.3) is 0 Å². The van der Waals surface area contributed by atoms with Gasteiger partial charge in [-0.1, -0.05) is 85.9 Å². The molecule has 0 aliphatic carbocycles. The maximum absolute atomic E-state index is 12.0. The van der Waals surface area contributed by atoms with E-state index in [9.17, 15) is 4.79 Å². The highest BCUT2D eigenvalue weighted by atomic mass is 35.6. The average Bonchev–Trinajstić information content (AvgIpc) is 2.32. The van der Waals surface area contributed by atoms with Crippen molar-refractivity contribution in [3.63, 3.8) is 0 Å². The molecule has 6 heteroatoms. The first-order valence-corrected chi connectivity index (χ1v) is 7.49. The molecule has 3 nitrogen and oxygen atoms in total. The van der Waals surface area contributed by atoms with Gasteiger partial charge in [-0.3, -0.25) is 4.79 Å². The van der Waals surface area contributed by atoms with Gasteiger partial charge in [-0.2, -0.15) is 0 Å². The van der Waals surface area contributed by atoms with Gasteiger partial charge >= 0.3 is 0 Å². The molecule has 0 aliphatic heterocycles. The Balaban J connectivity index is 2.69. The SMILES string of the molecule is CC(C)(C)C(=O)N[C@@H]([NH2+]Cc1ccccc1)C(Cl)(Cl)Cl. The van der Waals surface area contributed by atoms with E-state index in [1.807, 2.05) is 56.4 Å². The summed E-state index contributed by atoms with van der Waals surface area (Å²) in [5.41, 5.74) is 0.561. The van der Waals surface area contributed by atoms with E-state index in [-0.39, 0.29) is 5.91 Å². The fourth-order valence-electron chi connectivity index (χ4n) is 1.50. The Morgan fingerprint density at radius 1 is 1.20 bits per heavy atom. The molecule has 0 radical (unpaired) electrons. The number of alkyl halides is 3. The van der Waals surface area contributed by atoms with Crippen molar-refractivity contribution in [1.29, 1.82) is 0 Å². The van der Waals surface area contributed by atoms with Crippen molar-refractivity contribution in [1.82, 2.24) is 5.32 Å². The molecule has 1 aromatic carbocycles. The first kappa shape index (κ1) is 17.6. The smallest absolute Gasteiger partial charge is 0.262 e. The number of carbonyl (C=O) groups is 1. The van der Waals surface area contributed by atoms with E-state index in [1.165, 1.54) is 0 Å². The lowest BCUT2D eigenvalue weighted by molar-refractivity contribution is -0.707. The first-order valence-electron chi connectivity index (χ1n) is 6.35. The molecule has 0 fully saturated rings. The zero-order valence-electron chi connectivity index (χ0n) is 11.8. The van der Waals surface area contributed by atoms with Gasteiger partial charge in [0, 0.05) is 11.0 Å². The van der Waals surface area contributed by atoms with Gasteiger partial charge in [0.05, 0.1) is 0 Å². The summed E-state index contributed by atoms with van der Waals surface area (Å²) in [6, 6.07) is 9.80. The summed E-state index contributed by atoms with van der Waals surface area (Å²) in [7, 11) is 0. The molecule has 1 amide bonds. The van der Waals surface area contributed by atoms with Crippen molar-refractivity contribution in [2.24, 2.45) is 5.41 Å². The van der Waals surface area contributed by atoms with Gasteiger partial charge in [0.1, 0.15) is 6.54 Å². The molecule has 0 aliphatic rings. The number of carbonyl (C=O) groups excluding carboxylic acids is 1. The van der Waals surface area contributed by atoms with E-state index in [4.69, 9.17) is 34.8 Å². The third-order valence-corrected chi connectivity index (χ3v) is 3.46. The van der Waals surface area contributed by atoms with Crippen LogP contribution in [0, 0.1) is 5.41 Å². The van der Waals surface area contributed by atoms with Crippen molar-refractivity contribution >= 4 is 40.7 Å². The Kier molecular flexibility index (Phi) is 6.14. The number of nitrogens with one attached hydrogen (secondary N) is 1. The van der Waals surface area contributed by atoms with Crippen molar-refractivity contribution < 1.29 is 10.1 Å². The molecule has 112 valence electrons. The number of hydrogen-bond donors (Lipinski definition) is 2. The number of hydrogen-bond acceptors (Lipinski definition) is 1. The van der Waals surface area contributed by atoms with Crippen LogP contribution in [0.1, 0.15) is 26.3 Å². The molecule has 0 spiro atoms. The molecule has 0 saturated carbocycles. The quantitative estimate of drug-likeness (QED) is 0.643. The fourth-order valence-corrected chi connectivity index (χ4v) is 1.93. The maximum Gasteiger partial charge on any atom is 0.262 e. The highest BCUT2D eigenvalue weighted by molar-refractivity contribution is 6.68. The van der Waals surface area contributed by atoms with E-state index in [0.29, 0.717) is 6.54 Å². The number of amides is 1. The lowest BCUT2D eigenvalue weighted by atomic mass is 9.95. The molecule has 20 heavy (non-hydrogen) atoms. The number of quaternary nitrogens is 1. The van der Waals surface area contributed by atoms with E-state index >= 15 is 0 Å². The van der Waals surface area contributed by atoms with Crippen molar-refractivity contribution in [2.75, 3.05) is 0 Å². The van der Waals surface area contributed by atoms with Crippen molar-refractivity contribution in [3.05, 3.63) is 35.9 Å². The van der Waals surface area contributed by atoms with E-state index in [1.54, 1.807) is 0 Å². The Bertz CT molecular complexity index is 438. The van der Waals surface area contributed by atoms with E-state index < -0.39 is 15.4 Å². The Labute approximate surface area is 135 Å². The second-order valence-corrected chi connectivity index (χ2v) is 8.04. The monoisotopic (exact) mass is 337 g/mol. The molecule has 0 aromatic heterocycles. The van der Waals surface area contributed by atoms with Crippen LogP contribution in [-0.4, -0.2) is 15.9 Å². The predicted molar refractivity (Wildman–Crippen MR) is 83.7 cm³/mol. The minimum Gasteiger partial charge on any atom is -0.319 e. The van der Waals surface area contributed by atoms with Crippen molar-refractivity contribution in [2.45, 2.75) is 37.3 Å². The van der Waals surface area contributed by atoms with Crippen LogP contribution >= 0.6 is 34.8 Å². The first-order chi connectivity index (χ1) is 9.10. The van der Waals surface area contributed by atoms with Crippen LogP contribution in [0.2, 0.25) is 0 Å². The molecular weight excluding hydrogens is 319 g/mol. The lowest BCUT2D eigenvalue weighted by Crippen LogP contribution is -2.95. The summed E-state index contributed by atoms with van der Waals surface area (Å²) in [6.45, 7) is 6.06. The number of nitrogens with two attached hydrogens (primary N) is 1. The molecule has 1 aromatic rings. The highest BCUT2D eigenvalue weighted by Crippen LogP contribution is 2.28. The summed E-state index contributed by atoms with van der Waals surface area (Å²) in [6.07, 6.45) is -0.639. The Hall–Kier alpha value is -0.480. The molecule has 1 atom stereocenters. The Morgan fingerprint density at radius 3 is 2.20 bits per heavy atom. The molecule has 0 saturated heterocycles. The summed E-state index contributed by atoms with van der Waals surface area (Å²) in [5, 5.41) is 4.59. The number of halogens is 3. The largest absolute Gasteiger partial charge is 0.319 e. The summed E-state index contributed by atoms with van der Waals surface area (Å²) in [4.78, 5) is 12.0. The van der Waals surface area contributed by atoms with Crippen molar-refractivity contribution in [3.8, 4) is 0 Å². The summed E-state index contributed by atoms with van der Waals surface area (Å²) < 4.78 is -1.57. The minimum atomic E-state index is -1.57. The standard InChI is InChI=1S/C14H19Cl3N2O/c1-13(2,3)12(20)19-11(14(15,16)17)18-9-10-7-5-4-6-8-10/h4-8,11,18H,9H2,1-3H3,(H,19,20)/p+1/t11-/m1/s1. The van der Waals surface area contributed by atoms with Gasteiger partial charge in [-0.15, -0.1) is 0 Å². The van der Waals surface area contributed by atoms with Crippen LogP contribution in [0.4, 0.5) is 0 Å². The van der Waals surface area contributed by atoms with Gasteiger partial charge in [-0.25, -0.2) is 0 Å². The third-order valence-electron chi connectivity index (χ3n) is 2.75. The maximum atomic E-state index is 12.0. The van der Waals surface area contributed by atoms with Crippen LogP contribution in [0.3, 0.4) is 0 Å². The summed E-state index contributed by atoms with van der Waals surface area (Å²) >= 11 is 17.8. The third kappa shape index (κ3) is 5.88. The van der Waals surface area contributed by atoms with E-state index in [2.05, 4.69) is 5.32 Å². The minimum absolute atomic E-state index is 0.155. The van der Waals surface area contributed by atoms with E-state index in [0.717, 1.165) is 5.56 Å². The molecular formula is C14H20Cl3N2O+. The van der Waals surface area contributed by atoms with Gasteiger partial charge in [-0.05, 0) is 0 Å². The second-order valence-electron chi connectivity index (χ2n) is 5.67. The summed E-state index contributed by atoms with van der Waals surface area (Å²) in [5.74, 6) is -0.155. The molecule has 0 unspecified atom stereocenters. The predicted octanol–water partition coefficient (Wildman–Crippen LogP) is 2.61. The lowest BCUT2D eigenvalue weighted by Gasteiger charge is -2.27. The van der Waals surface area contributed by atoms with Gasteiger partial charge < -0.3 is 10.6 Å². The second kappa shape index (κ2) is 6.99. The van der Waals surface area contributed by atoms with Crippen LogP contribution in [0.5, 0.6) is 0 Å². The zero-order valence-corrected chi connectivity index (χ0v) is 14.1. The molecule has 0 heterocycles. The molecule has 1 rings (SSSR count). The van der Waals surface area contributed by atoms with Gasteiger partial charge in [0.2, 0.25) is 12.1 Å². The van der Waals surface area contributed by atoms with Gasteiger partial charge in [0.15, 0.2) is 0 Å². The van der Waals surface area contributed by atoms with Crippen LogP contribution in [-0.2, 0) is 11.3 Å². The number of benzene rings is 1. The topological polar surface area (TPSA) is 45.7 Å². The molecule has 3 N–H and O–H groups in total. The Morgan fingerprint density at radius 2 is 1.75 bits per heavy atom. The normalized spacial score (nSPS) is 13.9.